The van der Waals surface area contributed by atoms with E-state index in [0.717, 1.165) is 63.8 Å². The van der Waals surface area contributed by atoms with Gasteiger partial charge in [0.15, 0.2) is 5.96 Å². The first kappa shape index (κ1) is 18.6. The molecule has 0 aliphatic carbocycles. The summed E-state index contributed by atoms with van der Waals surface area (Å²) in [6.07, 6.45) is 2.38. The van der Waals surface area contributed by atoms with Crippen LogP contribution in [0.2, 0.25) is 0 Å². The van der Waals surface area contributed by atoms with Crippen molar-refractivity contribution >= 4 is 5.96 Å². The lowest BCUT2D eigenvalue weighted by molar-refractivity contribution is 0.129. The second-order valence-electron chi connectivity index (χ2n) is 6.25. The summed E-state index contributed by atoms with van der Waals surface area (Å²) >= 11 is 0. The molecule has 0 aromatic heterocycles. The van der Waals surface area contributed by atoms with Crippen molar-refractivity contribution in [3.8, 4) is 5.75 Å². The van der Waals surface area contributed by atoms with Crippen LogP contribution in [0, 0.1) is 0 Å². The summed E-state index contributed by atoms with van der Waals surface area (Å²) in [7, 11) is 2.13. The zero-order chi connectivity index (χ0) is 17.2. The number of benzene rings is 1. The lowest BCUT2D eigenvalue weighted by Crippen LogP contribution is -2.47. The molecule has 0 atom stereocenters. The number of hydrogen-bond donors (Lipinski definition) is 1. The third-order valence-electron chi connectivity index (χ3n) is 4.41. The number of piperidine rings is 1. The van der Waals surface area contributed by atoms with Crippen molar-refractivity contribution in [3.05, 3.63) is 30.3 Å². The van der Waals surface area contributed by atoms with E-state index >= 15 is 0 Å². The maximum Gasteiger partial charge on any atom is 0.193 e. The van der Waals surface area contributed by atoms with Crippen molar-refractivity contribution in [2.45, 2.75) is 32.8 Å². The van der Waals surface area contributed by atoms with Gasteiger partial charge in [-0.25, -0.2) is 0 Å². The van der Waals surface area contributed by atoms with Crippen LogP contribution in [0.3, 0.4) is 0 Å². The Morgan fingerprint density at radius 2 is 1.96 bits per heavy atom. The number of nitrogens with one attached hydrogen (secondary N) is 1. The molecule has 0 bridgehead atoms. The third-order valence-corrected chi connectivity index (χ3v) is 4.41. The molecule has 1 fully saturated rings. The van der Waals surface area contributed by atoms with Crippen molar-refractivity contribution in [1.82, 2.24) is 15.1 Å². The minimum absolute atomic E-state index is 0.303. The Bertz CT molecular complexity index is 483. The van der Waals surface area contributed by atoms with Gasteiger partial charge in [0.1, 0.15) is 11.9 Å². The number of likely N-dealkylation sites (tertiary alicyclic amines) is 1. The number of likely N-dealkylation sites (N-methyl/N-ethyl adjacent to an activating group) is 1. The number of ether oxygens (including phenoxy) is 1. The Morgan fingerprint density at radius 1 is 1.25 bits per heavy atom. The van der Waals surface area contributed by atoms with Gasteiger partial charge in [-0.1, -0.05) is 25.1 Å². The summed E-state index contributed by atoms with van der Waals surface area (Å²) in [5.74, 6) is 2.01. The van der Waals surface area contributed by atoms with Gasteiger partial charge >= 0.3 is 0 Å². The first-order chi connectivity index (χ1) is 11.7. The molecule has 0 amide bonds. The maximum atomic E-state index is 6.08. The predicted octanol–water partition coefficient (Wildman–Crippen LogP) is 2.45. The van der Waals surface area contributed by atoms with Crippen molar-refractivity contribution in [3.63, 3.8) is 0 Å². The Labute approximate surface area is 146 Å². The highest BCUT2D eigenvalue weighted by atomic mass is 16.5. The van der Waals surface area contributed by atoms with Crippen LogP contribution >= 0.6 is 0 Å². The summed E-state index contributed by atoms with van der Waals surface area (Å²) in [6, 6.07) is 10.1. The van der Waals surface area contributed by atoms with Gasteiger partial charge in [0.25, 0.3) is 0 Å². The molecule has 1 aliphatic rings. The lowest BCUT2D eigenvalue weighted by Gasteiger charge is -2.34. The van der Waals surface area contributed by atoms with Gasteiger partial charge in [0, 0.05) is 39.0 Å². The number of rotatable bonds is 7. The Kier molecular flexibility index (Phi) is 7.89. The van der Waals surface area contributed by atoms with E-state index in [1.165, 1.54) is 0 Å². The molecule has 5 nitrogen and oxygen atoms in total. The SMILES string of the molecule is CCNC(=NCCN(C)CC)N1CCC(Oc2ccccc2)CC1. The number of para-hydroxylation sites is 1. The fraction of sp³-hybridized carbons (Fsp3) is 0.632. The summed E-state index contributed by atoms with van der Waals surface area (Å²) in [5.41, 5.74) is 0. The molecule has 0 radical (unpaired) electrons. The van der Waals surface area contributed by atoms with Crippen LogP contribution in [-0.2, 0) is 0 Å². The molecule has 1 aliphatic heterocycles. The molecule has 1 N–H and O–H groups in total. The van der Waals surface area contributed by atoms with Crippen LogP contribution in [-0.4, -0.2) is 68.2 Å². The van der Waals surface area contributed by atoms with E-state index in [9.17, 15) is 0 Å². The minimum Gasteiger partial charge on any atom is -0.490 e. The minimum atomic E-state index is 0.303. The highest BCUT2D eigenvalue weighted by Crippen LogP contribution is 2.18. The van der Waals surface area contributed by atoms with Crippen molar-refractivity contribution in [1.29, 1.82) is 0 Å². The Hall–Kier alpha value is -1.75. The monoisotopic (exact) mass is 332 g/mol. The molecule has 5 heteroatoms. The number of aliphatic imine (C=N–C) groups is 1. The quantitative estimate of drug-likeness (QED) is 0.615. The van der Waals surface area contributed by atoms with E-state index < -0.39 is 0 Å². The van der Waals surface area contributed by atoms with Gasteiger partial charge in [-0.05, 0) is 32.6 Å². The van der Waals surface area contributed by atoms with Gasteiger partial charge < -0.3 is 19.9 Å². The summed E-state index contributed by atoms with van der Waals surface area (Å²) < 4.78 is 6.08. The normalized spacial score (nSPS) is 16.5. The fourth-order valence-corrected chi connectivity index (χ4v) is 2.79. The van der Waals surface area contributed by atoms with Crippen LogP contribution in [0.4, 0.5) is 0 Å². The second-order valence-corrected chi connectivity index (χ2v) is 6.25. The van der Waals surface area contributed by atoms with E-state index in [2.05, 4.69) is 36.0 Å². The maximum absolute atomic E-state index is 6.08. The van der Waals surface area contributed by atoms with E-state index in [1.54, 1.807) is 0 Å². The van der Waals surface area contributed by atoms with Crippen LogP contribution in [0.5, 0.6) is 5.75 Å². The summed E-state index contributed by atoms with van der Waals surface area (Å²) in [4.78, 5) is 9.43. The molecule has 2 rings (SSSR count). The summed E-state index contributed by atoms with van der Waals surface area (Å²) in [6.45, 7) is 10.1. The number of hydrogen-bond acceptors (Lipinski definition) is 3. The van der Waals surface area contributed by atoms with Gasteiger partial charge in [0.2, 0.25) is 0 Å². The van der Waals surface area contributed by atoms with Crippen molar-refractivity contribution in [2.75, 3.05) is 46.3 Å². The molecule has 1 aromatic carbocycles. The lowest BCUT2D eigenvalue weighted by atomic mass is 10.1. The molecule has 1 heterocycles. The van der Waals surface area contributed by atoms with Crippen molar-refractivity contribution < 1.29 is 4.74 Å². The largest absolute Gasteiger partial charge is 0.490 e. The molecule has 24 heavy (non-hydrogen) atoms. The zero-order valence-electron chi connectivity index (χ0n) is 15.4. The van der Waals surface area contributed by atoms with Gasteiger partial charge in [-0.2, -0.15) is 0 Å². The van der Waals surface area contributed by atoms with Crippen LogP contribution in [0.1, 0.15) is 26.7 Å². The van der Waals surface area contributed by atoms with Crippen LogP contribution in [0.25, 0.3) is 0 Å². The molecule has 1 saturated heterocycles. The van der Waals surface area contributed by atoms with Crippen molar-refractivity contribution in [2.24, 2.45) is 4.99 Å². The van der Waals surface area contributed by atoms with E-state index in [-0.39, 0.29) is 0 Å². The Morgan fingerprint density at radius 3 is 2.58 bits per heavy atom. The highest BCUT2D eigenvalue weighted by Gasteiger charge is 2.22. The Balaban J connectivity index is 1.82. The standard InChI is InChI=1S/C19H32N4O/c1-4-20-19(21-13-16-22(3)5-2)23-14-11-18(12-15-23)24-17-9-7-6-8-10-17/h6-10,18H,4-5,11-16H2,1-3H3,(H,20,21). The van der Waals surface area contributed by atoms with Crippen LogP contribution in [0.15, 0.2) is 35.3 Å². The third kappa shape index (κ3) is 6.04. The number of nitrogens with zero attached hydrogens (tertiary/aromatic N) is 3. The highest BCUT2D eigenvalue weighted by molar-refractivity contribution is 5.80. The topological polar surface area (TPSA) is 40.1 Å². The van der Waals surface area contributed by atoms with E-state index in [1.807, 2.05) is 30.3 Å². The molecule has 134 valence electrons. The molecular formula is C19H32N4O. The molecular weight excluding hydrogens is 300 g/mol. The first-order valence-corrected chi connectivity index (χ1v) is 9.16. The average molecular weight is 332 g/mol. The average Bonchev–Trinajstić information content (AvgIpc) is 2.62. The van der Waals surface area contributed by atoms with Gasteiger partial charge in [0.05, 0.1) is 6.54 Å². The van der Waals surface area contributed by atoms with E-state index in [4.69, 9.17) is 9.73 Å². The van der Waals surface area contributed by atoms with E-state index in [0.29, 0.717) is 6.10 Å². The smallest absolute Gasteiger partial charge is 0.193 e. The second kappa shape index (κ2) is 10.2. The molecule has 0 unspecified atom stereocenters. The molecule has 0 spiro atoms. The van der Waals surface area contributed by atoms with Crippen LogP contribution < -0.4 is 10.1 Å². The van der Waals surface area contributed by atoms with Gasteiger partial charge in [-0.3, -0.25) is 4.99 Å². The summed E-state index contributed by atoms with van der Waals surface area (Å²) in [5, 5.41) is 3.43. The first-order valence-electron chi connectivity index (χ1n) is 9.16. The number of guanidine groups is 1. The zero-order valence-corrected chi connectivity index (χ0v) is 15.4. The molecule has 1 aromatic rings. The molecule has 0 saturated carbocycles. The van der Waals surface area contributed by atoms with Gasteiger partial charge in [-0.15, -0.1) is 0 Å². The fourth-order valence-electron chi connectivity index (χ4n) is 2.79. The predicted molar refractivity (Wildman–Crippen MR) is 101 cm³/mol.